The van der Waals surface area contributed by atoms with Gasteiger partial charge in [0.25, 0.3) is 5.69 Å². The number of thioether (sulfide) groups is 1. The zero-order valence-corrected chi connectivity index (χ0v) is 15.0. The molecule has 0 N–H and O–H groups in total. The van der Waals surface area contributed by atoms with Crippen molar-refractivity contribution in [3.05, 3.63) is 69.8 Å². The van der Waals surface area contributed by atoms with Crippen LogP contribution in [0.1, 0.15) is 43.2 Å². The summed E-state index contributed by atoms with van der Waals surface area (Å²) in [6, 6.07) is 15.1. The van der Waals surface area contributed by atoms with Gasteiger partial charge in [0.05, 0.1) is 11.5 Å². The quantitative estimate of drug-likeness (QED) is 0.383. The van der Waals surface area contributed by atoms with Crippen LogP contribution in [0.25, 0.3) is 0 Å². The summed E-state index contributed by atoms with van der Waals surface area (Å²) in [4.78, 5) is 16.4. The van der Waals surface area contributed by atoms with E-state index in [0.717, 1.165) is 16.0 Å². The molecular formula is C20H22N2O2S. The maximum atomic E-state index is 11.1. The van der Waals surface area contributed by atoms with E-state index in [2.05, 4.69) is 4.99 Å². The summed E-state index contributed by atoms with van der Waals surface area (Å²) in [5, 5.41) is 11.7. The van der Waals surface area contributed by atoms with Gasteiger partial charge in [0.1, 0.15) is 0 Å². The Morgan fingerprint density at radius 2 is 1.88 bits per heavy atom. The van der Waals surface area contributed by atoms with Gasteiger partial charge in [-0.3, -0.25) is 15.1 Å². The lowest BCUT2D eigenvalue weighted by atomic mass is 10.0. The van der Waals surface area contributed by atoms with Crippen LogP contribution in [-0.4, -0.2) is 16.4 Å². The van der Waals surface area contributed by atoms with Crippen LogP contribution in [0.3, 0.4) is 0 Å². The first-order valence-corrected chi connectivity index (χ1v) is 9.59. The first-order valence-electron chi connectivity index (χ1n) is 8.71. The van der Waals surface area contributed by atoms with Crippen molar-refractivity contribution in [2.75, 3.05) is 0 Å². The number of rotatable bonds is 6. The summed E-state index contributed by atoms with van der Waals surface area (Å²) in [6.45, 7) is 0.580. The lowest BCUT2D eigenvalue weighted by molar-refractivity contribution is -0.384. The Morgan fingerprint density at radius 3 is 2.60 bits per heavy atom. The fourth-order valence-electron chi connectivity index (χ4n) is 3.05. The Morgan fingerprint density at radius 1 is 1.12 bits per heavy atom. The van der Waals surface area contributed by atoms with E-state index in [1.165, 1.54) is 32.1 Å². The van der Waals surface area contributed by atoms with Crippen LogP contribution in [0.4, 0.5) is 5.69 Å². The fraction of sp³-hybridized carbons (Fsp3) is 0.350. The van der Waals surface area contributed by atoms with Crippen LogP contribution >= 0.6 is 11.8 Å². The number of nitro benzene ring substituents is 1. The maximum absolute atomic E-state index is 11.1. The van der Waals surface area contributed by atoms with Gasteiger partial charge in [-0.1, -0.05) is 49.6 Å². The Balaban J connectivity index is 1.78. The van der Waals surface area contributed by atoms with Crippen molar-refractivity contribution in [3.8, 4) is 0 Å². The maximum Gasteiger partial charge on any atom is 0.270 e. The van der Waals surface area contributed by atoms with Gasteiger partial charge in [0.2, 0.25) is 0 Å². The molecule has 2 aromatic carbocycles. The number of benzene rings is 2. The molecule has 1 aliphatic rings. The second kappa shape index (κ2) is 8.81. The summed E-state index contributed by atoms with van der Waals surface area (Å²) < 4.78 is 0. The van der Waals surface area contributed by atoms with Gasteiger partial charge in [-0.15, -0.1) is 11.8 Å². The third-order valence-electron chi connectivity index (χ3n) is 4.40. The largest absolute Gasteiger partial charge is 0.288 e. The van der Waals surface area contributed by atoms with Crippen molar-refractivity contribution in [1.29, 1.82) is 0 Å². The molecule has 130 valence electrons. The topological polar surface area (TPSA) is 55.5 Å². The molecule has 5 heteroatoms. The summed E-state index contributed by atoms with van der Waals surface area (Å²) in [7, 11) is 0. The highest BCUT2D eigenvalue weighted by Gasteiger charge is 2.17. The minimum atomic E-state index is -0.344. The lowest BCUT2D eigenvalue weighted by Gasteiger charge is -2.21. The highest BCUT2D eigenvalue weighted by molar-refractivity contribution is 8.00. The summed E-state index contributed by atoms with van der Waals surface area (Å²) >= 11 is 1.84. The molecule has 0 aromatic heterocycles. The number of hydrogen-bond donors (Lipinski definition) is 0. The summed E-state index contributed by atoms with van der Waals surface area (Å²) in [6.07, 6.45) is 8.11. The monoisotopic (exact) mass is 354 g/mol. The number of non-ortho nitro benzene ring substituents is 1. The number of nitrogens with zero attached hydrogens (tertiary/aromatic N) is 2. The molecule has 0 heterocycles. The first-order chi connectivity index (χ1) is 12.2. The molecule has 25 heavy (non-hydrogen) atoms. The van der Waals surface area contributed by atoms with Gasteiger partial charge < -0.3 is 0 Å². The van der Waals surface area contributed by atoms with E-state index in [4.69, 9.17) is 0 Å². The van der Waals surface area contributed by atoms with Crippen molar-refractivity contribution in [2.24, 2.45) is 4.99 Å². The number of aliphatic imine (C=N–C) groups is 1. The van der Waals surface area contributed by atoms with Crippen molar-refractivity contribution in [2.45, 2.75) is 48.8 Å². The van der Waals surface area contributed by atoms with Crippen LogP contribution < -0.4 is 0 Å². The molecule has 0 amide bonds. The minimum absolute atomic E-state index is 0.120. The number of hydrogen-bond acceptors (Lipinski definition) is 4. The minimum Gasteiger partial charge on any atom is -0.288 e. The highest BCUT2D eigenvalue weighted by Crippen LogP contribution is 2.36. The van der Waals surface area contributed by atoms with Gasteiger partial charge in [-0.2, -0.15) is 0 Å². The van der Waals surface area contributed by atoms with E-state index >= 15 is 0 Å². The summed E-state index contributed by atoms with van der Waals surface area (Å²) in [5.41, 5.74) is 2.10. The van der Waals surface area contributed by atoms with E-state index in [0.29, 0.717) is 11.8 Å². The van der Waals surface area contributed by atoms with Gasteiger partial charge in [0.15, 0.2) is 0 Å². The lowest BCUT2D eigenvalue weighted by Crippen LogP contribution is -2.08. The SMILES string of the molecule is O=[N+]([O-])c1ccc(SC2CCCCC2)c(C=NCc2ccccc2)c1. The molecule has 0 unspecified atom stereocenters. The predicted octanol–water partition coefficient (Wildman–Crippen LogP) is 5.64. The van der Waals surface area contributed by atoms with Gasteiger partial charge >= 0.3 is 0 Å². The standard InChI is InChI=1S/C20H22N2O2S/c23-22(24)18-11-12-20(25-19-9-5-2-6-10-19)17(13-18)15-21-14-16-7-3-1-4-8-16/h1,3-4,7-8,11-13,15,19H,2,5-6,9-10,14H2. The molecular weight excluding hydrogens is 332 g/mol. The zero-order valence-electron chi connectivity index (χ0n) is 14.1. The average Bonchev–Trinajstić information content (AvgIpc) is 2.64. The molecule has 2 aromatic rings. The predicted molar refractivity (Wildman–Crippen MR) is 104 cm³/mol. The fourth-order valence-corrected chi connectivity index (χ4v) is 4.38. The molecule has 0 radical (unpaired) electrons. The van der Waals surface area contributed by atoms with Gasteiger partial charge in [0, 0.05) is 34.1 Å². The molecule has 3 rings (SSSR count). The van der Waals surface area contributed by atoms with Crippen LogP contribution in [0.5, 0.6) is 0 Å². The van der Waals surface area contributed by atoms with E-state index in [1.807, 2.05) is 48.2 Å². The zero-order chi connectivity index (χ0) is 17.5. The Labute approximate surface area is 152 Å². The van der Waals surface area contributed by atoms with Crippen molar-refractivity contribution >= 4 is 23.7 Å². The smallest absolute Gasteiger partial charge is 0.270 e. The molecule has 1 aliphatic carbocycles. The Bertz CT molecular complexity index is 741. The third-order valence-corrected chi connectivity index (χ3v) is 5.83. The number of nitro groups is 1. The van der Waals surface area contributed by atoms with Crippen molar-refractivity contribution < 1.29 is 4.92 Å². The molecule has 0 saturated heterocycles. The van der Waals surface area contributed by atoms with Gasteiger partial charge in [-0.25, -0.2) is 0 Å². The molecule has 0 spiro atoms. The van der Waals surface area contributed by atoms with E-state index in [-0.39, 0.29) is 10.6 Å². The summed E-state index contributed by atoms with van der Waals surface area (Å²) in [5.74, 6) is 0. The molecule has 0 bridgehead atoms. The molecule has 4 nitrogen and oxygen atoms in total. The molecule has 1 saturated carbocycles. The normalized spacial score (nSPS) is 15.5. The second-order valence-electron chi connectivity index (χ2n) is 6.31. The second-order valence-corrected chi connectivity index (χ2v) is 7.65. The van der Waals surface area contributed by atoms with Gasteiger partial charge in [-0.05, 0) is 24.5 Å². The highest BCUT2D eigenvalue weighted by atomic mass is 32.2. The van der Waals surface area contributed by atoms with Crippen molar-refractivity contribution in [3.63, 3.8) is 0 Å². The Hall–Kier alpha value is -2.14. The van der Waals surface area contributed by atoms with E-state index in [9.17, 15) is 10.1 Å². The first kappa shape index (κ1) is 17.7. The molecule has 1 fully saturated rings. The molecule has 0 atom stereocenters. The Kier molecular flexibility index (Phi) is 6.23. The average molecular weight is 354 g/mol. The van der Waals surface area contributed by atoms with E-state index < -0.39 is 0 Å². The van der Waals surface area contributed by atoms with Crippen LogP contribution in [0, 0.1) is 10.1 Å². The van der Waals surface area contributed by atoms with Crippen LogP contribution in [0.2, 0.25) is 0 Å². The molecule has 0 aliphatic heterocycles. The van der Waals surface area contributed by atoms with Crippen molar-refractivity contribution in [1.82, 2.24) is 0 Å². The van der Waals surface area contributed by atoms with E-state index in [1.54, 1.807) is 18.3 Å². The van der Waals surface area contributed by atoms with Crippen LogP contribution in [-0.2, 0) is 6.54 Å². The van der Waals surface area contributed by atoms with Crippen LogP contribution in [0.15, 0.2) is 58.4 Å². The third kappa shape index (κ3) is 5.16.